The second kappa shape index (κ2) is 7.10. The molecule has 0 radical (unpaired) electrons. The van der Waals surface area contributed by atoms with Crippen LogP contribution in [0.25, 0.3) is 0 Å². The van der Waals surface area contributed by atoms with E-state index >= 15 is 0 Å². The van der Waals surface area contributed by atoms with Gasteiger partial charge in [0, 0.05) is 11.7 Å². The van der Waals surface area contributed by atoms with Gasteiger partial charge in [0.25, 0.3) is 0 Å². The predicted molar refractivity (Wildman–Crippen MR) is 105 cm³/mol. The molecule has 2 fully saturated rings. The number of nitrogens with zero attached hydrogens (tertiary/aromatic N) is 2. The average Bonchev–Trinajstić information content (AvgIpc) is 2.92. The van der Waals surface area contributed by atoms with E-state index in [1.165, 1.54) is 11.8 Å². The van der Waals surface area contributed by atoms with Crippen LogP contribution in [0.4, 0.5) is 5.69 Å². The Hall–Kier alpha value is -0.760. The normalized spacial score (nSPS) is 26.4. The maximum atomic E-state index is 12.2. The standard InChI is InChI=1S/C16H18Cl2N2O3S2/c1-9(2)6-14(21)19-16-20(11-5-3-4-10(17)15(11)18)12-7-25(22,23)8-13(12)24-16/h3-5,9,12-13H,6-8H2,1-2H3/t12-,13+/m0/s1. The summed E-state index contributed by atoms with van der Waals surface area (Å²) in [6.45, 7) is 3.90. The molecule has 1 aromatic rings. The SMILES string of the molecule is CC(C)CC(=O)N=C1S[C@@H]2CS(=O)(=O)C[C@@H]2N1c1cccc(Cl)c1Cl. The third kappa shape index (κ3) is 3.99. The smallest absolute Gasteiger partial charge is 0.248 e. The number of carbonyl (C=O) groups excluding carboxylic acids is 1. The third-order valence-corrected chi connectivity index (χ3v) is 8.08. The van der Waals surface area contributed by atoms with Gasteiger partial charge in [-0.3, -0.25) is 4.79 Å². The Morgan fingerprint density at radius 3 is 2.76 bits per heavy atom. The Labute approximate surface area is 161 Å². The zero-order valence-electron chi connectivity index (χ0n) is 13.8. The molecule has 25 heavy (non-hydrogen) atoms. The van der Waals surface area contributed by atoms with Crippen molar-refractivity contribution in [3.8, 4) is 0 Å². The van der Waals surface area contributed by atoms with Gasteiger partial charge in [0.05, 0.1) is 33.3 Å². The van der Waals surface area contributed by atoms with Crippen LogP contribution in [0.2, 0.25) is 10.0 Å². The van der Waals surface area contributed by atoms with E-state index < -0.39 is 9.84 Å². The van der Waals surface area contributed by atoms with Crippen LogP contribution in [0.15, 0.2) is 23.2 Å². The van der Waals surface area contributed by atoms with E-state index in [-0.39, 0.29) is 34.6 Å². The molecule has 1 aromatic carbocycles. The van der Waals surface area contributed by atoms with E-state index in [0.717, 1.165) is 0 Å². The summed E-state index contributed by atoms with van der Waals surface area (Å²) >= 11 is 13.8. The Morgan fingerprint density at radius 2 is 2.08 bits per heavy atom. The highest BCUT2D eigenvalue weighted by molar-refractivity contribution is 8.16. The van der Waals surface area contributed by atoms with Crippen molar-refractivity contribution >= 4 is 61.6 Å². The summed E-state index contributed by atoms with van der Waals surface area (Å²) < 4.78 is 24.1. The molecule has 2 heterocycles. The van der Waals surface area contributed by atoms with Crippen molar-refractivity contribution in [1.82, 2.24) is 0 Å². The van der Waals surface area contributed by atoms with Crippen LogP contribution in [-0.4, -0.2) is 42.3 Å². The average molecular weight is 421 g/mol. The van der Waals surface area contributed by atoms with Gasteiger partial charge in [0.1, 0.15) is 0 Å². The van der Waals surface area contributed by atoms with E-state index in [1.807, 2.05) is 13.8 Å². The second-order valence-electron chi connectivity index (χ2n) is 6.63. The number of amidine groups is 1. The van der Waals surface area contributed by atoms with Crippen molar-refractivity contribution in [1.29, 1.82) is 0 Å². The summed E-state index contributed by atoms with van der Waals surface area (Å²) in [5.41, 5.74) is 0.586. The summed E-state index contributed by atoms with van der Waals surface area (Å²) in [4.78, 5) is 18.2. The lowest BCUT2D eigenvalue weighted by Crippen LogP contribution is -2.38. The molecule has 0 aliphatic carbocycles. The number of sulfone groups is 1. The summed E-state index contributed by atoms with van der Waals surface area (Å²) in [6.07, 6.45) is 0.342. The first-order valence-electron chi connectivity index (χ1n) is 7.90. The molecule has 0 spiro atoms. The van der Waals surface area contributed by atoms with Crippen molar-refractivity contribution in [3.05, 3.63) is 28.2 Å². The van der Waals surface area contributed by atoms with Gasteiger partial charge >= 0.3 is 0 Å². The number of amides is 1. The van der Waals surface area contributed by atoms with E-state index in [2.05, 4.69) is 4.99 Å². The molecule has 2 aliphatic rings. The highest BCUT2D eigenvalue weighted by atomic mass is 35.5. The number of hydrogen-bond donors (Lipinski definition) is 0. The predicted octanol–water partition coefficient (Wildman–Crippen LogP) is 3.64. The summed E-state index contributed by atoms with van der Waals surface area (Å²) in [5, 5.41) is 1.05. The minimum absolute atomic E-state index is 0.0187. The molecule has 2 aliphatic heterocycles. The van der Waals surface area contributed by atoms with Gasteiger partial charge in [-0.25, -0.2) is 8.42 Å². The van der Waals surface area contributed by atoms with Crippen LogP contribution in [0.3, 0.4) is 0 Å². The fourth-order valence-electron chi connectivity index (χ4n) is 3.03. The molecule has 3 rings (SSSR count). The molecule has 0 unspecified atom stereocenters. The van der Waals surface area contributed by atoms with Gasteiger partial charge in [-0.2, -0.15) is 4.99 Å². The molecule has 9 heteroatoms. The highest BCUT2D eigenvalue weighted by Gasteiger charge is 2.49. The van der Waals surface area contributed by atoms with Crippen LogP contribution in [0.5, 0.6) is 0 Å². The first kappa shape index (κ1) is 19.0. The minimum Gasteiger partial charge on any atom is -0.314 e. The molecule has 0 saturated carbocycles. The van der Waals surface area contributed by atoms with Crippen LogP contribution >= 0.6 is 35.0 Å². The van der Waals surface area contributed by atoms with E-state index in [4.69, 9.17) is 23.2 Å². The summed E-state index contributed by atoms with van der Waals surface area (Å²) in [5.74, 6) is 0.0779. The Bertz CT molecular complexity index is 840. The number of fused-ring (bicyclic) bond motifs is 1. The quantitative estimate of drug-likeness (QED) is 0.746. The molecule has 0 aromatic heterocycles. The van der Waals surface area contributed by atoms with Crippen molar-refractivity contribution in [2.45, 2.75) is 31.6 Å². The Kier molecular flexibility index (Phi) is 5.40. The molecular weight excluding hydrogens is 403 g/mol. The maximum absolute atomic E-state index is 12.2. The Balaban J connectivity index is 2.02. The number of halogens is 2. The molecule has 5 nitrogen and oxygen atoms in total. The first-order chi connectivity index (χ1) is 11.7. The van der Waals surface area contributed by atoms with Gasteiger partial charge in [0.2, 0.25) is 5.91 Å². The van der Waals surface area contributed by atoms with Crippen molar-refractivity contribution in [3.63, 3.8) is 0 Å². The molecular formula is C16H18Cl2N2O3S2. The fraction of sp³-hybridized carbons (Fsp3) is 0.500. The van der Waals surface area contributed by atoms with Gasteiger partial charge in [0.15, 0.2) is 15.0 Å². The molecule has 1 amide bonds. The number of rotatable bonds is 3. The van der Waals surface area contributed by atoms with Crippen molar-refractivity contribution in [2.24, 2.45) is 10.9 Å². The van der Waals surface area contributed by atoms with E-state index in [9.17, 15) is 13.2 Å². The number of benzene rings is 1. The molecule has 2 saturated heterocycles. The lowest BCUT2D eigenvalue weighted by atomic mass is 10.1. The maximum Gasteiger partial charge on any atom is 0.248 e. The van der Waals surface area contributed by atoms with E-state index in [0.29, 0.717) is 27.3 Å². The molecule has 0 bridgehead atoms. The number of carbonyl (C=O) groups is 1. The van der Waals surface area contributed by atoms with Crippen LogP contribution in [-0.2, 0) is 14.6 Å². The number of anilines is 1. The van der Waals surface area contributed by atoms with Crippen LogP contribution in [0, 0.1) is 5.92 Å². The zero-order chi connectivity index (χ0) is 18.4. The molecule has 2 atom stereocenters. The summed E-state index contributed by atoms with van der Waals surface area (Å²) in [6, 6.07) is 4.89. The number of hydrogen-bond acceptors (Lipinski definition) is 4. The van der Waals surface area contributed by atoms with Gasteiger partial charge in [-0.15, -0.1) is 0 Å². The lowest BCUT2D eigenvalue weighted by molar-refractivity contribution is -0.118. The monoisotopic (exact) mass is 420 g/mol. The zero-order valence-corrected chi connectivity index (χ0v) is 16.9. The van der Waals surface area contributed by atoms with Crippen molar-refractivity contribution < 1.29 is 13.2 Å². The second-order valence-corrected chi connectivity index (χ2v) is 10.8. The first-order valence-corrected chi connectivity index (χ1v) is 11.4. The van der Waals surface area contributed by atoms with Gasteiger partial charge < -0.3 is 4.90 Å². The highest BCUT2D eigenvalue weighted by Crippen LogP contribution is 2.44. The van der Waals surface area contributed by atoms with Crippen LogP contribution in [0.1, 0.15) is 20.3 Å². The van der Waals surface area contributed by atoms with Crippen molar-refractivity contribution in [2.75, 3.05) is 16.4 Å². The molecule has 0 N–H and O–H groups in total. The minimum atomic E-state index is -3.12. The van der Waals surface area contributed by atoms with Gasteiger partial charge in [-0.1, -0.05) is 54.9 Å². The topological polar surface area (TPSA) is 66.8 Å². The van der Waals surface area contributed by atoms with E-state index in [1.54, 1.807) is 23.1 Å². The largest absolute Gasteiger partial charge is 0.314 e. The Morgan fingerprint density at radius 1 is 1.36 bits per heavy atom. The van der Waals surface area contributed by atoms with Gasteiger partial charge in [-0.05, 0) is 18.1 Å². The lowest BCUT2D eigenvalue weighted by Gasteiger charge is -2.25. The molecule has 136 valence electrons. The summed E-state index contributed by atoms with van der Waals surface area (Å²) in [7, 11) is -3.12. The number of thioether (sulfide) groups is 1. The third-order valence-electron chi connectivity index (χ3n) is 4.06. The van der Waals surface area contributed by atoms with Crippen LogP contribution < -0.4 is 4.90 Å². The number of aliphatic imine (C=N–C) groups is 1. The fourth-order valence-corrected chi connectivity index (χ4v) is 7.34.